The molecule has 0 saturated heterocycles. The maximum absolute atomic E-state index is 14.3. The Hall–Kier alpha value is -3.35. The maximum Gasteiger partial charge on any atom is 0.229 e. The molecule has 2 heterocycles. The van der Waals surface area contributed by atoms with Gasteiger partial charge >= 0.3 is 0 Å². The van der Waals surface area contributed by atoms with Crippen LogP contribution >= 0.6 is 0 Å². The van der Waals surface area contributed by atoms with Gasteiger partial charge in [-0.2, -0.15) is 4.98 Å². The third kappa shape index (κ3) is 4.79. The molecule has 1 aromatic carbocycles. The Morgan fingerprint density at radius 3 is 2.67 bits per heavy atom. The van der Waals surface area contributed by atoms with Crippen molar-refractivity contribution in [2.24, 2.45) is 0 Å². The quantitative estimate of drug-likeness (QED) is 0.611. The van der Waals surface area contributed by atoms with Gasteiger partial charge in [-0.15, -0.1) is 0 Å². The Kier molecular flexibility index (Phi) is 7.06. The molecule has 158 valence electrons. The number of nitrogens with zero attached hydrogens (tertiary/aromatic N) is 3. The number of allylic oxidation sites excluding steroid dienone is 5. The van der Waals surface area contributed by atoms with Gasteiger partial charge in [0.1, 0.15) is 5.83 Å². The summed E-state index contributed by atoms with van der Waals surface area (Å²) in [6, 6.07) is 9.93. The van der Waals surface area contributed by atoms with E-state index in [1.807, 2.05) is 56.3 Å². The number of benzene rings is 1. The molecule has 0 spiro atoms. The van der Waals surface area contributed by atoms with Gasteiger partial charge in [0.25, 0.3) is 0 Å². The van der Waals surface area contributed by atoms with Crippen LogP contribution in [0.4, 0.5) is 27.5 Å². The van der Waals surface area contributed by atoms with E-state index in [2.05, 4.69) is 39.7 Å². The number of aromatic nitrogens is 2. The normalized spacial score (nSPS) is 17.1. The number of fused-ring (bicyclic) bond motifs is 1. The van der Waals surface area contributed by atoms with E-state index in [9.17, 15) is 4.39 Å². The third-order valence-electron chi connectivity index (χ3n) is 4.58. The molecule has 0 radical (unpaired) electrons. The molecule has 1 aliphatic heterocycles. The van der Waals surface area contributed by atoms with E-state index in [-0.39, 0.29) is 18.2 Å². The number of anilines is 4. The van der Waals surface area contributed by atoms with Crippen molar-refractivity contribution >= 4 is 23.1 Å². The molecular weight excluding hydrogens is 379 g/mol. The van der Waals surface area contributed by atoms with Crippen LogP contribution < -0.4 is 20.9 Å². The highest BCUT2D eigenvalue weighted by Crippen LogP contribution is 2.34. The molecule has 30 heavy (non-hydrogen) atoms. The Morgan fingerprint density at radius 1 is 1.17 bits per heavy atom. The van der Waals surface area contributed by atoms with Crippen molar-refractivity contribution in [3.05, 3.63) is 72.4 Å². The van der Waals surface area contributed by atoms with Gasteiger partial charge in [0.05, 0.1) is 17.6 Å². The summed E-state index contributed by atoms with van der Waals surface area (Å²) in [7, 11) is 0. The van der Waals surface area contributed by atoms with Gasteiger partial charge in [0.15, 0.2) is 12.1 Å². The lowest BCUT2D eigenvalue weighted by Gasteiger charge is -2.31. The van der Waals surface area contributed by atoms with Crippen molar-refractivity contribution in [2.75, 3.05) is 15.5 Å². The Balaban J connectivity index is 0.00000124. The van der Waals surface area contributed by atoms with E-state index in [4.69, 9.17) is 4.98 Å². The van der Waals surface area contributed by atoms with Crippen LogP contribution in [0, 0.1) is 0 Å². The highest BCUT2D eigenvalue weighted by Gasteiger charge is 2.33. The first-order valence-corrected chi connectivity index (χ1v) is 10.3. The van der Waals surface area contributed by atoms with Crippen molar-refractivity contribution in [3.8, 4) is 0 Å². The summed E-state index contributed by atoms with van der Waals surface area (Å²) in [5, 5.41) is 9.86. The second-order valence-electron chi connectivity index (χ2n) is 6.93. The lowest BCUT2D eigenvalue weighted by molar-refractivity contribution is 0.526. The summed E-state index contributed by atoms with van der Waals surface area (Å²) in [5.74, 6) is 1.04. The van der Waals surface area contributed by atoms with Crippen molar-refractivity contribution in [1.29, 1.82) is 0 Å². The second kappa shape index (κ2) is 9.91. The highest BCUT2D eigenvalue weighted by atomic mass is 19.1. The van der Waals surface area contributed by atoms with Crippen LogP contribution in [0.25, 0.3) is 0 Å². The molecule has 7 heteroatoms. The predicted molar refractivity (Wildman–Crippen MR) is 122 cm³/mol. The van der Waals surface area contributed by atoms with Crippen LogP contribution in [0.2, 0.25) is 0 Å². The zero-order valence-corrected chi connectivity index (χ0v) is 17.9. The van der Waals surface area contributed by atoms with E-state index < -0.39 is 0 Å². The topological polar surface area (TPSA) is 65.1 Å². The fourth-order valence-corrected chi connectivity index (χ4v) is 3.27. The summed E-state index contributed by atoms with van der Waals surface area (Å²) in [5.41, 5.74) is 2.27. The van der Waals surface area contributed by atoms with Crippen LogP contribution in [0.3, 0.4) is 0 Å². The van der Waals surface area contributed by atoms with E-state index in [1.165, 1.54) is 6.08 Å². The summed E-state index contributed by atoms with van der Waals surface area (Å²) in [6.45, 7) is 8.16. The first kappa shape index (κ1) is 21.4. The number of hydrogen-bond acceptors (Lipinski definition) is 6. The van der Waals surface area contributed by atoms with Gasteiger partial charge in [0.2, 0.25) is 5.95 Å². The van der Waals surface area contributed by atoms with Crippen molar-refractivity contribution in [1.82, 2.24) is 15.3 Å². The average molecular weight is 409 g/mol. The van der Waals surface area contributed by atoms with Gasteiger partial charge in [-0.1, -0.05) is 50.3 Å². The molecule has 0 amide bonds. The average Bonchev–Trinajstić information content (AvgIpc) is 2.99. The summed E-state index contributed by atoms with van der Waals surface area (Å²) >= 11 is 0. The van der Waals surface area contributed by atoms with Crippen molar-refractivity contribution in [2.45, 2.75) is 46.4 Å². The molecular formula is C23H29FN6. The predicted octanol–water partition coefficient (Wildman–Crippen LogP) is 5.46. The minimum absolute atomic E-state index is 0.145. The minimum atomic E-state index is -0.308. The molecule has 1 atom stereocenters. The van der Waals surface area contributed by atoms with Crippen molar-refractivity contribution < 1.29 is 4.39 Å². The first-order chi connectivity index (χ1) is 14.6. The number of para-hydroxylation sites is 1. The number of rotatable bonds is 5. The SMILES string of the molecule is CC.CC(C)N1c2nc(Nc3ccccc3)ncc2NC1NC1=C(F)C=CC=CC1. The van der Waals surface area contributed by atoms with Gasteiger partial charge in [-0.25, -0.2) is 9.37 Å². The number of hydrogen-bond donors (Lipinski definition) is 3. The van der Waals surface area contributed by atoms with Crippen LogP contribution in [-0.2, 0) is 0 Å². The fraction of sp³-hybridized carbons (Fsp3) is 0.304. The van der Waals surface area contributed by atoms with Crippen LogP contribution in [-0.4, -0.2) is 22.3 Å². The molecule has 4 rings (SSSR count). The first-order valence-electron chi connectivity index (χ1n) is 10.3. The van der Waals surface area contributed by atoms with E-state index >= 15 is 0 Å². The minimum Gasteiger partial charge on any atom is -0.349 e. The largest absolute Gasteiger partial charge is 0.349 e. The van der Waals surface area contributed by atoms with Gasteiger partial charge in [-0.05, 0) is 32.1 Å². The zero-order chi connectivity index (χ0) is 21.5. The fourth-order valence-electron chi connectivity index (χ4n) is 3.27. The zero-order valence-electron chi connectivity index (χ0n) is 17.9. The molecule has 0 saturated carbocycles. The Labute approximate surface area is 177 Å². The van der Waals surface area contributed by atoms with Crippen LogP contribution in [0.1, 0.15) is 34.1 Å². The van der Waals surface area contributed by atoms with Crippen molar-refractivity contribution in [3.63, 3.8) is 0 Å². The van der Waals surface area contributed by atoms with E-state index in [0.717, 1.165) is 17.2 Å². The van der Waals surface area contributed by atoms with E-state index in [0.29, 0.717) is 18.1 Å². The molecule has 0 bridgehead atoms. The standard InChI is InChI=1S/C21H23FN6.C2H6/c1-14(2)28-19-18(13-23-20(27-19)24-15-9-5-3-6-10-15)26-21(28)25-17-12-8-4-7-11-16(17)22;1-2/h3-11,13-14,21,25-26H,12H2,1-2H3,(H,23,24,27);1-2H3. The second-order valence-corrected chi connectivity index (χ2v) is 6.93. The lowest BCUT2D eigenvalue weighted by Crippen LogP contribution is -2.50. The Morgan fingerprint density at radius 2 is 1.93 bits per heavy atom. The monoisotopic (exact) mass is 408 g/mol. The molecule has 0 fully saturated rings. The Bertz CT molecular complexity index is 936. The molecule has 2 aromatic rings. The molecule has 1 aliphatic carbocycles. The van der Waals surface area contributed by atoms with Gasteiger partial charge in [0, 0.05) is 18.2 Å². The maximum atomic E-state index is 14.3. The molecule has 6 nitrogen and oxygen atoms in total. The lowest BCUT2D eigenvalue weighted by atomic mass is 10.2. The van der Waals surface area contributed by atoms with Gasteiger partial charge in [-0.3, -0.25) is 0 Å². The van der Waals surface area contributed by atoms with E-state index in [1.54, 1.807) is 12.3 Å². The molecule has 2 aliphatic rings. The van der Waals surface area contributed by atoms with Crippen LogP contribution in [0.5, 0.6) is 0 Å². The smallest absolute Gasteiger partial charge is 0.229 e. The molecule has 1 aromatic heterocycles. The number of nitrogens with one attached hydrogen (secondary N) is 3. The van der Waals surface area contributed by atoms with Gasteiger partial charge < -0.3 is 20.9 Å². The summed E-state index contributed by atoms with van der Waals surface area (Å²) < 4.78 is 14.3. The highest BCUT2D eigenvalue weighted by molar-refractivity contribution is 5.73. The third-order valence-corrected chi connectivity index (χ3v) is 4.58. The molecule has 1 unspecified atom stereocenters. The number of halogens is 1. The molecule has 3 N–H and O–H groups in total. The summed E-state index contributed by atoms with van der Waals surface area (Å²) in [4.78, 5) is 11.2. The van der Waals surface area contributed by atoms with Crippen LogP contribution in [0.15, 0.2) is 72.4 Å². The summed E-state index contributed by atoms with van der Waals surface area (Å²) in [6.07, 6.45) is 8.89.